The third-order valence-corrected chi connectivity index (χ3v) is 4.58. The zero-order chi connectivity index (χ0) is 15.8. The third kappa shape index (κ3) is 5.62. The standard InChI is InChI=1S/C18H26ClNO2/c1-22-12-4-7-16-6-3-11-20(14-16)18(21)10-9-15-5-2-8-17(19)13-15/h2,5,8,13,16H,3-4,6-7,9-12,14H2,1H3/t16-/m0/s1. The summed E-state index contributed by atoms with van der Waals surface area (Å²) in [7, 11) is 1.74. The Kier molecular flexibility index (Phi) is 7.20. The molecule has 2 rings (SSSR count). The topological polar surface area (TPSA) is 29.5 Å². The fourth-order valence-corrected chi connectivity index (χ4v) is 3.36. The summed E-state index contributed by atoms with van der Waals surface area (Å²) < 4.78 is 5.11. The minimum Gasteiger partial charge on any atom is -0.385 e. The van der Waals surface area contributed by atoms with Crippen LogP contribution in [-0.4, -0.2) is 37.6 Å². The van der Waals surface area contributed by atoms with Crippen molar-refractivity contribution in [3.8, 4) is 0 Å². The molecule has 0 aliphatic carbocycles. The lowest BCUT2D eigenvalue weighted by molar-refractivity contribution is -0.133. The number of methoxy groups -OCH3 is 1. The average molecular weight is 324 g/mol. The molecule has 0 radical (unpaired) electrons. The zero-order valence-corrected chi connectivity index (χ0v) is 14.1. The van der Waals surface area contributed by atoms with Gasteiger partial charge in [0.05, 0.1) is 0 Å². The molecule has 1 amide bonds. The second-order valence-electron chi connectivity index (χ2n) is 6.11. The molecule has 1 aliphatic rings. The van der Waals surface area contributed by atoms with E-state index in [-0.39, 0.29) is 5.91 Å². The van der Waals surface area contributed by atoms with E-state index < -0.39 is 0 Å². The summed E-state index contributed by atoms with van der Waals surface area (Å²) in [6.45, 7) is 2.65. The van der Waals surface area contributed by atoms with Gasteiger partial charge >= 0.3 is 0 Å². The molecule has 0 bridgehead atoms. The van der Waals surface area contributed by atoms with Gasteiger partial charge in [-0.05, 0) is 55.7 Å². The van der Waals surface area contributed by atoms with E-state index in [0.717, 1.165) is 56.0 Å². The lowest BCUT2D eigenvalue weighted by Crippen LogP contribution is -2.40. The number of hydrogen-bond donors (Lipinski definition) is 0. The van der Waals surface area contributed by atoms with E-state index in [4.69, 9.17) is 16.3 Å². The molecule has 0 saturated carbocycles. The summed E-state index contributed by atoms with van der Waals surface area (Å²) in [5.74, 6) is 0.912. The van der Waals surface area contributed by atoms with Crippen molar-refractivity contribution in [3.63, 3.8) is 0 Å². The van der Waals surface area contributed by atoms with Gasteiger partial charge in [0.25, 0.3) is 0 Å². The number of aryl methyl sites for hydroxylation is 1. The van der Waals surface area contributed by atoms with Crippen LogP contribution in [0.5, 0.6) is 0 Å². The number of halogens is 1. The maximum absolute atomic E-state index is 12.4. The molecule has 1 aromatic rings. The molecular weight excluding hydrogens is 298 g/mol. The number of carbonyl (C=O) groups is 1. The van der Waals surface area contributed by atoms with Crippen LogP contribution in [0.3, 0.4) is 0 Å². The monoisotopic (exact) mass is 323 g/mol. The Morgan fingerprint density at radius 1 is 1.45 bits per heavy atom. The molecule has 4 heteroatoms. The van der Waals surface area contributed by atoms with Gasteiger partial charge in [0.15, 0.2) is 0 Å². The van der Waals surface area contributed by atoms with Crippen LogP contribution in [0.15, 0.2) is 24.3 Å². The minimum atomic E-state index is 0.274. The van der Waals surface area contributed by atoms with Crippen molar-refractivity contribution in [2.45, 2.75) is 38.5 Å². The molecule has 1 atom stereocenters. The van der Waals surface area contributed by atoms with Crippen LogP contribution < -0.4 is 0 Å². The highest BCUT2D eigenvalue weighted by Crippen LogP contribution is 2.22. The van der Waals surface area contributed by atoms with Crippen molar-refractivity contribution in [1.82, 2.24) is 4.90 Å². The highest BCUT2D eigenvalue weighted by Gasteiger charge is 2.22. The Balaban J connectivity index is 1.76. The fraction of sp³-hybridized carbons (Fsp3) is 0.611. The van der Waals surface area contributed by atoms with Crippen LogP contribution in [-0.2, 0) is 16.0 Å². The van der Waals surface area contributed by atoms with Crippen molar-refractivity contribution in [3.05, 3.63) is 34.9 Å². The van der Waals surface area contributed by atoms with E-state index >= 15 is 0 Å². The molecule has 0 spiro atoms. The SMILES string of the molecule is COCCC[C@@H]1CCCN(C(=O)CCc2cccc(Cl)c2)C1. The van der Waals surface area contributed by atoms with Gasteiger partial charge < -0.3 is 9.64 Å². The summed E-state index contributed by atoms with van der Waals surface area (Å²) in [5, 5.41) is 0.737. The predicted octanol–water partition coefficient (Wildman–Crippen LogP) is 3.94. The van der Waals surface area contributed by atoms with Gasteiger partial charge in [0.2, 0.25) is 5.91 Å². The number of piperidine rings is 1. The number of nitrogens with zero attached hydrogens (tertiary/aromatic N) is 1. The molecule has 22 heavy (non-hydrogen) atoms. The number of benzene rings is 1. The number of hydrogen-bond acceptors (Lipinski definition) is 2. The molecule has 0 aromatic heterocycles. The van der Waals surface area contributed by atoms with Gasteiger partial charge in [0, 0.05) is 38.2 Å². The number of amides is 1. The first kappa shape index (κ1) is 17.3. The Morgan fingerprint density at radius 2 is 2.32 bits per heavy atom. The first-order valence-corrected chi connectivity index (χ1v) is 8.58. The van der Waals surface area contributed by atoms with Gasteiger partial charge in [-0.1, -0.05) is 23.7 Å². The number of rotatable bonds is 7. The highest BCUT2D eigenvalue weighted by atomic mass is 35.5. The molecule has 122 valence electrons. The summed E-state index contributed by atoms with van der Waals surface area (Å²) >= 11 is 5.98. The normalized spacial score (nSPS) is 18.5. The molecular formula is C18H26ClNO2. The van der Waals surface area contributed by atoms with E-state index in [9.17, 15) is 4.79 Å². The maximum atomic E-state index is 12.4. The van der Waals surface area contributed by atoms with Crippen LogP contribution in [0.4, 0.5) is 0 Å². The summed E-state index contributed by atoms with van der Waals surface area (Å²) in [6.07, 6.45) is 5.95. The third-order valence-electron chi connectivity index (χ3n) is 4.35. The quantitative estimate of drug-likeness (QED) is 0.711. The Labute approximate surface area is 138 Å². The summed E-state index contributed by atoms with van der Waals surface area (Å²) in [6, 6.07) is 7.78. The van der Waals surface area contributed by atoms with Crippen molar-refractivity contribution in [2.75, 3.05) is 26.8 Å². The molecule has 1 saturated heterocycles. The Hall–Kier alpha value is -1.06. The number of ether oxygens (including phenoxy) is 1. The van der Waals surface area contributed by atoms with Crippen LogP contribution in [0.25, 0.3) is 0 Å². The number of carbonyl (C=O) groups excluding carboxylic acids is 1. The van der Waals surface area contributed by atoms with Crippen molar-refractivity contribution >= 4 is 17.5 Å². The van der Waals surface area contributed by atoms with Crippen molar-refractivity contribution < 1.29 is 9.53 Å². The van der Waals surface area contributed by atoms with E-state index in [0.29, 0.717) is 12.3 Å². The van der Waals surface area contributed by atoms with Gasteiger partial charge in [-0.2, -0.15) is 0 Å². The smallest absolute Gasteiger partial charge is 0.222 e. The van der Waals surface area contributed by atoms with Crippen molar-refractivity contribution in [2.24, 2.45) is 5.92 Å². The number of likely N-dealkylation sites (tertiary alicyclic amines) is 1. The first-order chi connectivity index (χ1) is 10.7. The van der Waals surface area contributed by atoms with Gasteiger partial charge in [-0.3, -0.25) is 4.79 Å². The second-order valence-corrected chi connectivity index (χ2v) is 6.55. The summed E-state index contributed by atoms with van der Waals surface area (Å²) in [4.78, 5) is 14.4. The van der Waals surface area contributed by atoms with Crippen LogP contribution in [0, 0.1) is 5.92 Å². The highest BCUT2D eigenvalue weighted by molar-refractivity contribution is 6.30. The lowest BCUT2D eigenvalue weighted by atomic mass is 9.93. The van der Waals surface area contributed by atoms with Gasteiger partial charge in [-0.15, -0.1) is 0 Å². The van der Waals surface area contributed by atoms with E-state index in [1.807, 2.05) is 29.2 Å². The first-order valence-electron chi connectivity index (χ1n) is 8.20. The van der Waals surface area contributed by atoms with Gasteiger partial charge in [-0.25, -0.2) is 0 Å². The minimum absolute atomic E-state index is 0.274. The van der Waals surface area contributed by atoms with Crippen LogP contribution in [0.1, 0.15) is 37.7 Å². The fourth-order valence-electron chi connectivity index (χ4n) is 3.15. The van der Waals surface area contributed by atoms with E-state index in [2.05, 4.69) is 0 Å². The molecule has 1 aliphatic heterocycles. The average Bonchev–Trinajstić information content (AvgIpc) is 2.53. The van der Waals surface area contributed by atoms with Crippen LogP contribution >= 0.6 is 11.6 Å². The Bertz CT molecular complexity index is 478. The molecule has 1 aromatic carbocycles. The molecule has 1 fully saturated rings. The maximum Gasteiger partial charge on any atom is 0.222 e. The second kappa shape index (κ2) is 9.16. The lowest BCUT2D eigenvalue weighted by Gasteiger charge is -2.33. The molecule has 3 nitrogen and oxygen atoms in total. The van der Waals surface area contributed by atoms with Crippen molar-refractivity contribution in [1.29, 1.82) is 0 Å². The largest absolute Gasteiger partial charge is 0.385 e. The van der Waals surface area contributed by atoms with Crippen LogP contribution in [0.2, 0.25) is 5.02 Å². The zero-order valence-electron chi connectivity index (χ0n) is 13.4. The summed E-state index contributed by atoms with van der Waals surface area (Å²) in [5.41, 5.74) is 1.13. The molecule has 1 heterocycles. The van der Waals surface area contributed by atoms with E-state index in [1.165, 1.54) is 6.42 Å². The Morgan fingerprint density at radius 3 is 3.09 bits per heavy atom. The predicted molar refractivity (Wildman–Crippen MR) is 90.2 cm³/mol. The molecule has 0 unspecified atom stereocenters. The molecule has 0 N–H and O–H groups in total. The van der Waals surface area contributed by atoms with Gasteiger partial charge in [0.1, 0.15) is 0 Å². The van der Waals surface area contributed by atoms with E-state index in [1.54, 1.807) is 7.11 Å².